The van der Waals surface area contributed by atoms with Gasteiger partial charge in [0.2, 0.25) is 0 Å². The van der Waals surface area contributed by atoms with Crippen molar-refractivity contribution in [3.8, 4) is 5.75 Å². The van der Waals surface area contributed by atoms with E-state index in [1.165, 1.54) is 6.07 Å². The minimum Gasteiger partial charge on any atom is -0.568 e. The second-order valence-electron chi connectivity index (χ2n) is 2.14. The van der Waals surface area contributed by atoms with Crippen molar-refractivity contribution in [3.63, 3.8) is 0 Å². The molecule has 0 aliphatic heterocycles. The first-order valence-electron chi connectivity index (χ1n) is 3.46. The standard InChI is InChI=1S/C6H5F4OSi2.Ti/c7-2-1-3(8)5(10)6(4(2)9)11-13-12;/h13H2,12H3;/q-1;. The van der Waals surface area contributed by atoms with E-state index in [0.717, 1.165) is 0 Å². The third kappa shape index (κ3) is 2.69. The number of hydrogen-bond acceptors (Lipinski definition) is 1. The number of rotatable bonds is 2. The molecule has 0 atom stereocenters. The van der Waals surface area contributed by atoms with E-state index in [2.05, 4.69) is 4.43 Å². The molecule has 0 aliphatic carbocycles. The van der Waals surface area contributed by atoms with Crippen LogP contribution in [0.4, 0.5) is 17.6 Å². The molecule has 0 unspecified atom stereocenters. The van der Waals surface area contributed by atoms with Crippen molar-refractivity contribution in [1.82, 2.24) is 0 Å². The maximum atomic E-state index is 12.7. The molecular formula is C6H5F4OSi2Ti-. The zero-order valence-corrected chi connectivity index (χ0v) is 12.1. The molecule has 1 aromatic carbocycles. The average Bonchev–Trinajstić information content (AvgIpc) is 2.09. The third-order valence-electron chi connectivity index (χ3n) is 1.29. The zero-order chi connectivity index (χ0) is 10.0. The van der Waals surface area contributed by atoms with E-state index in [1.807, 2.05) is 0 Å². The first-order chi connectivity index (χ1) is 6.07. The van der Waals surface area contributed by atoms with E-state index in [0.29, 0.717) is 9.76 Å². The van der Waals surface area contributed by atoms with E-state index < -0.39 is 38.3 Å². The van der Waals surface area contributed by atoms with Gasteiger partial charge in [0.15, 0.2) is 9.28 Å². The summed E-state index contributed by atoms with van der Waals surface area (Å²) in [4.78, 5) is 0. The van der Waals surface area contributed by atoms with Crippen LogP contribution < -0.4 is 4.43 Å². The first-order valence-corrected chi connectivity index (χ1v) is 9.69. The Hall–Kier alpha value is -0.112. The first kappa shape index (κ1) is 13.9. The minimum absolute atomic E-state index is 0. The van der Waals surface area contributed by atoms with Gasteiger partial charge in [-0.05, 0) is 0 Å². The van der Waals surface area contributed by atoms with Crippen LogP contribution in [0.3, 0.4) is 0 Å². The summed E-state index contributed by atoms with van der Waals surface area (Å²) in [6, 6.07) is 1.27. The van der Waals surface area contributed by atoms with Crippen molar-refractivity contribution < 1.29 is 43.7 Å². The quantitative estimate of drug-likeness (QED) is 0.313. The van der Waals surface area contributed by atoms with Crippen molar-refractivity contribution >= 4 is 19.0 Å². The van der Waals surface area contributed by atoms with Crippen molar-refractivity contribution in [1.29, 1.82) is 0 Å². The average molecular weight is 273 g/mol. The predicted molar refractivity (Wildman–Crippen MR) is 44.2 cm³/mol. The van der Waals surface area contributed by atoms with Crippen molar-refractivity contribution in [2.45, 2.75) is 0 Å². The van der Waals surface area contributed by atoms with Crippen LogP contribution in [0, 0.1) is 29.3 Å². The molecule has 0 aliphatic rings. The van der Waals surface area contributed by atoms with E-state index in [4.69, 9.17) is 0 Å². The molecule has 1 nitrogen and oxygen atoms in total. The Bertz CT molecular complexity index is 310. The smallest absolute Gasteiger partial charge is 0.191 e. The van der Waals surface area contributed by atoms with Crippen LogP contribution in [0.2, 0.25) is 0 Å². The van der Waals surface area contributed by atoms with Crippen LogP contribution in [0.25, 0.3) is 0 Å². The van der Waals surface area contributed by atoms with Crippen LogP contribution in [0.5, 0.6) is 5.75 Å². The van der Waals surface area contributed by atoms with Crippen LogP contribution in [0.1, 0.15) is 0 Å². The van der Waals surface area contributed by atoms with Crippen LogP contribution in [-0.2, 0) is 21.7 Å². The second kappa shape index (κ2) is 5.69. The Morgan fingerprint density at radius 3 is 1.86 bits per heavy atom. The Balaban J connectivity index is 0.00000169. The van der Waals surface area contributed by atoms with Gasteiger partial charge >= 0.3 is 0 Å². The van der Waals surface area contributed by atoms with Gasteiger partial charge in [-0.1, -0.05) is 0 Å². The SMILES string of the molecule is Fc1[c-]c(F)c(F)c(O[SiH2][SiH3])c1F.[Ti]. The van der Waals surface area contributed by atoms with Gasteiger partial charge in [-0.3, -0.25) is 8.78 Å². The van der Waals surface area contributed by atoms with Crippen molar-refractivity contribution in [3.05, 3.63) is 29.3 Å². The molecule has 76 valence electrons. The molecule has 0 saturated heterocycles. The molecule has 0 spiro atoms. The molecule has 14 heavy (non-hydrogen) atoms. The molecular weight excluding hydrogens is 268 g/mol. The number of halogens is 4. The monoisotopic (exact) mass is 273 g/mol. The summed E-state index contributed by atoms with van der Waals surface area (Å²) in [5, 5.41) is 0. The third-order valence-corrected chi connectivity index (χ3v) is 2.74. The summed E-state index contributed by atoms with van der Waals surface area (Å²) in [6.07, 6.45) is 0. The van der Waals surface area contributed by atoms with Crippen molar-refractivity contribution in [2.24, 2.45) is 0 Å². The second-order valence-corrected chi connectivity index (χ2v) is 4.74. The summed E-state index contributed by atoms with van der Waals surface area (Å²) >= 11 is 0. The summed E-state index contributed by atoms with van der Waals surface area (Å²) in [5.41, 5.74) is 0. The van der Waals surface area contributed by atoms with Gasteiger partial charge in [-0.25, -0.2) is 8.78 Å². The van der Waals surface area contributed by atoms with Gasteiger partial charge < -0.3 is 4.43 Å². The Morgan fingerprint density at radius 2 is 1.50 bits per heavy atom. The van der Waals surface area contributed by atoms with Crippen molar-refractivity contribution in [2.75, 3.05) is 0 Å². The predicted octanol–water partition coefficient (Wildman–Crippen LogP) is -0.216. The molecule has 0 heterocycles. The molecule has 0 amide bonds. The minimum atomic E-state index is -1.56. The summed E-state index contributed by atoms with van der Waals surface area (Å²) < 4.78 is 54.9. The Morgan fingerprint density at radius 1 is 1.07 bits per heavy atom. The normalized spacial score (nSPS) is 10.6. The molecule has 1 aromatic rings. The molecule has 8 heteroatoms. The molecule has 1 rings (SSSR count). The molecule has 0 saturated carbocycles. The fourth-order valence-corrected chi connectivity index (χ4v) is 2.18. The topological polar surface area (TPSA) is 9.23 Å². The number of benzene rings is 1. The van der Waals surface area contributed by atoms with Gasteiger partial charge in [0.25, 0.3) is 0 Å². The summed E-state index contributed by atoms with van der Waals surface area (Å²) in [7, 11) is -0.404. The fourth-order valence-electron chi connectivity index (χ4n) is 0.773. The number of hydrogen-bond donors (Lipinski definition) is 0. The largest absolute Gasteiger partial charge is 0.568 e. The summed E-state index contributed by atoms with van der Waals surface area (Å²) in [6.45, 7) is 0. The van der Waals surface area contributed by atoms with Gasteiger partial charge in [0.05, 0.1) is 29.0 Å². The molecule has 0 fully saturated rings. The van der Waals surface area contributed by atoms with E-state index in [9.17, 15) is 17.6 Å². The van der Waals surface area contributed by atoms with E-state index >= 15 is 0 Å². The van der Waals surface area contributed by atoms with Gasteiger partial charge in [0, 0.05) is 31.5 Å². The Kier molecular flexibility index (Phi) is 5.65. The van der Waals surface area contributed by atoms with Crippen LogP contribution in [-0.4, -0.2) is 19.0 Å². The molecule has 0 aromatic heterocycles. The maximum Gasteiger partial charge on any atom is 0.191 e. The van der Waals surface area contributed by atoms with Gasteiger partial charge in [-0.2, -0.15) is 0 Å². The molecule has 0 N–H and O–H groups in total. The zero-order valence-electron chi connectivity index (χ0n) is 7.13. The fraction of sp³-hybridized carbons (Fsp3) is 0. The van der Waals surface area contributed by atoms with Gasteiger partial charge in [0.1, 0.15) is 0 Å². The van der Waals surface area contributed by atoms with E-state index in [-0.39, 0.29) is 21.7 Å². The molecule has 0 bridgehead atoms. The van der Waals surface area contributed by atoms with E-state index in [1.54, 1.807) is 0 Å². The maximum absolute atomic E-state index is 12.7. The summed E-state index contributed by atoms with van der Waals surface area (Å²) in [5.74, 6) is -7.09. The Labute approximate surface area is 97.9 Å². The van der Waals surface area contributed by atoms with Crippen LogP contribution in [0.15, 0.2) is 0 Å². The van der Waals surface area contributed by atoms with Gasteiger partial charge in [-0.15, -0.1) is 6.07 Å². The molecule has 0 radical (unpaired) electrons. The van der Waals surface area contributed by atoms with Crippen LogP contribution >= 0.6 is 0 Å².